The van der Waals surface area contributed by atoms with Crippen LogP contribution in [0.4, 0.5) is 23.1 Å². The van der Waals surface area contributed by atoms with E-state index < -0.39 is 0 Å². The van der Waals surface area contributed by atoms with Crippen LogP contribution < -0.4 is 15.1 Å². The number of hydrogen-bond acceptors (Lipinski definition) is 8. The molecule has 2 aromatic heterocycles. The smallest absolute Gasteiger partial charge is 0.252 e. The van der Waals surface area contributed by atoms with Crippen LogP contribution in [0.1, 0.15) is 18.9 Å². The lowest BCUT2D eigenvalue weighted by Crippen LogP contribution is -2.44. The summed E-state index contributed by atoms with van der Waals surface area (Å²) in [7, 11) is 0. The largest absolute Gasteiger partial charge is 0.377 e. The second-order valence-corrected chi connectivity index (χ2v) is 7.06. The lowest BCUT2D eigenvalue weighted by molar-refractivity contribution is -0.122. The molecule has 2 saturated heterocycles. The summed E-state index contributed by atoms with van der Waals surface area (Å²) in [4.78, 5) is 21.3. The first-order valence-corrected chi connectivity index (χ1v) is 9.72. The molecule has 0 radical (unpaired) electrons. The number of nitrogens with one attached hydrogen (secondary N) is 3. The number of rotatable bonds is 5. The van der Waals surface area contributed by atoms with Gasteiger partial charge in [0.1, 0.15) is 18.2 Å². The predicted octanol–water partition coefficient (Wildman–Crippen LogP) is 1.52. The number of pyridine rings is 1. The Bertz CT molecular complexity index is 871. The van der Waals surface area contributed by atoms with Gasteiger partial charge in [0, 0.05) is 44.2 Å². The van der Waals surface area contributed by atoms with E-state index in [0.717, 1.165) is 12.2 Å². The van der Waals surface area contributed by atoms with Crippen LogP contribution in [0.2, 0.25) is 0 Å². The number of aromatic amines is 1. The van der Waals surface area contributed by atoms with Gasteiger partial charge in [-0.1, -0.05) is 0 Å². The van der Waals surface area contributed by atoms with Crippen molar-refractivity contribution in [3.05, 3.63) is 23.9 Å². The summed E-state index contributed by atoms with van der Waals surface area (Å²) in [6.07, 6.45) is 3.66. The summed E-state index contributed by atoms with van der Waals surface area (Å²) >= 11 is 0. The van der Waals surface area contributed by atoms with E-state index in [-0.39, 0.29) is 18.6 Å². The molecule has 2 aromatic rings. The maximum Gasteiger partial charge on any atom is 0.252 e. The Labute approximate surface area is 168 Å². The van der Waals surface area contributed by atoms with Crippen molar-refractivity contribution in [2.75, 3.05) is 54.6 Å². The minimum Gasteiger partial charge on any atom is -0.377 e. The number of ether oxygens (including phenoxy) is 2. The molecule has 1 atom stereocenters. The Morgan fingerprint density at radius 3 is 3.00 bits per heavy atom. The second-order valence-electron chi connectivity index (χ2n) is 7.06. The number of H-pyrrole nitrogens is 1. The highest BCUT2D eigenvalue weighted by Crippen LogP contribution is 2.33. The molecule has 2 aliphatic rings. The van der Waals surface area contributed by atoms with Gasteiger partial charge in [0.2, 0.25) is 0 Å². The average molecular weight is 399 g/mol. The van der Waals surface area contributed by atoms with Gasteiger partial charge in [-0.15, -0.1) is 0 Å². The fourth-order valence-corrected chi connectivity index (χ4v) is 3.60. The van der Waals surface area contributed by atoms with Gasteiger partial charge in [-0.05, 0) is 13.3 Å². The van der Waals surface area contributed by atoms with Crippen molar-refractivity contribution >= 4 is 35.3 Å². The second kappa shape index (κ2) is 8.58. The number of amides is 1. The van der Waals surface area contributed by atoms with E-state index in [1.807, 2.05) is 6.07 Å². The zero-order valence-electron chi connectivity index (χ0n) is 16.4. The van der Waals surface area contributed by atoms with Crippen LogP contribution in [-0.2, 0) is 14.3 Å². The van der Waals surface area contributed by atoms with Gasteiger partial charge in [-0.3, -0.25) is 9.89 Å². The molecule has 0 aromatic carbocycles. The van der Waals surface area contributed by atoms with E-state index in [1.165, 1.54) is 6.21 Å². The molecule has 154 valence electrons. The fourth-order valence-electron chi connectivity index (χ4n) is 3.60. The Kier molecular flexibility index (Phi) is 5.72. The van der Waals surface area contributed by atoms with Crippen molar-refractivity contribution in [3.63, 3.8) is 0 Å². The molecule has 3 N–H and O–H groups in total. The van der Waals surface area contributed by atoms with Crippen LogP contribution in [0.3, 0.4) is 0 Å². The zero-order chi connectivity index (χ0) is 20.2. The van der Waals surface area contributed by atoms with E-state index in [4.69, 9.17) is 19.9 Å². The highest BCUT2D eigenvalue weighted by Gasteiger charge is 2.27. The van der Waals surface area contributed by atoms with Gasteiger partial charge in [-0.2, -0.15) is 5.10 Å². The van der Waals surface area contributed by atoms with Crippen LogP contribution >= 0.6 is 0 Å². The maximum absolute atomic E-state index is 12.7. The number of morpholine rings is 1. The van der Waals surface area contributed by atoms with Crippen molar-refractivity contribution in [3.8, 4) is 0 Å². The highest BCUT2D eigenvalue weighted by atomic mass is 16.5. The first-order chi connectivity index (χ1) is 14.2. The summed E-state index contributed by atoms with van der Waals surface area (Å²) in [5.41, 5.74) is 1.19. The fraction of sp³-hybridized carbons (Fsp3) is 0.474. The third kappa shape index (κ3) is 4.08. The number of anilines is 4. The normalized spacial score (nSPS) is 20.4. The minimum absolute atomic E-state index is 0.0329. The molecule has 0 saturated carbocycles. The van der Waals surface area contributed by atoms with Gasteiger partial charge < -0.3 is 30.0 Å². The molecule has 0 bridgehead atoms. The molecule has 0 unspecified atom stereocenters. The summed E-state index contributed by atoms with van der Waals surface area (Å²) in [6, 6.07) is 3.82. The molecular weight excluding hydrogens is 374 g/mol. The lowest BCUT2D eigenvalue weighted by atomic mass is 10.1. The molecule has 29 heavy (non-hydrogen) atoms. The number of aromatic nitrogens is 3. The van der Waals surface area contributed by atoms with Crippen molar-refractivity contribution in [2.45, 2.75) is 19.4 Å². The summed E-state index contributed by atoms with van der Waals surface area (Å²) in [5, 5.41) is 18.1. The van der Waals surface area contributed by atoms with Gasteiger partial charge in [-0.25, -0.2) is 4.98 Å². The molecule has 2 aliphatic heterocycles. The molecular formula is C19H25N7O3. The highest BCUT2D eigenvalue weighted by molar-refractivity contribution is 6.03. The van der Waals surface area contributed by atoms with E-state index >= 15 is 0 Å². The van der Waals surface area contributed by atoms with Crippen LogP contribution in [0, 0.1) is 5.41 Å². The van der Waals surface area contributed by atoms with Gasteiger partial charge >= 0.3 is 0 Å². The van der Waals surface area contributed by atoms with Crippen LogP contribution in [0.15, 0.2) is 18.3 Å². The van der Waals surface area contributed by atoms with Gasteiger partial charge in [0.05, 0.1) is 30.5 Å². The molecule has 1 amide bonds. The Balaban J connectivity index is 1.81. The van der Waals surface area contributed by atoms with Crippen molar-refractivity contribution in [1.29, 1.82) is 5.41 Å². The van der Waals surface area contributed by atoms with E-state index in [0.29, 0.717) is 55.8 Å². The number of carbonyl (C=O) groups is 1. The predicted molar refractivity (Wildman–Crippen MR) is 109 cm³/mol. The molecule has 10 heteroatoms. The van der Waals surface area contributed by atoms with Gasteiger partial charge in [0.25, 0.3) is 5.91 Å². The molecule has 4 heterocycles. The molecule has 2 fully saturated rings. The lowest BCUT2D eigenvalue weighted by Gasteiger charge is -2.35. The Hall–Kier alpha value is -2.98. The summed E-state index contributed by atoms with van der Waals surface area (Å²) < 4.78 is 10.9. The SMILES string of the molecule is C[C@@H]1COCCN1c1cc(N2CCCOCC2=O)c(C=N)c(Nc2cc[nH]n2)n1. The molecule has 0 aliphatic carbocycles. The first-order valence-electron chi connectivity index (χ1n) is 9.72. The Morgan fingerprint density at radius 2 is 2.24 bits per heavy atom. The number of carbonyl (C=O) groups excluding carboxylic acids is 1. The van der Waals surface area contributed by atoms with E-state index in [9.17, 15) is 4.79 Å². The number of hydrogen-bond donors (Lipinski definition) is 3. The number of nitrogens with zero attached hydrogens (tertiary/aromatic N) is 4. The van der Waals surface area contributed by atoms with Crippen LogP contribution in [0.5, 0.6) is 0 Å². The van der Waals surface area contributed by atoms with Crippen molar-refractivity contribution in [2.24, 2.45) is 0 Å². The van der Waals surface area contributed by atoms with E-state index in [1.54, 1.807) is 17.2 Å². The topological polar surface area (TPSA) is 119 Å². The quantitative estimate of drug-likeness (QED) is 0.652. The zero-order valence-corrected chi connectivity index (χ0v) is 16.4. The minimum atomic E-state index is -0.122. The van der Waals surface area contributed by atoms with Gasteiger partial charge in [0.15, 0.2) is 5.82 Å². The summed E-state index contributed by atoms with van der Waals surface area (Å²) in [5.74, 6) is 1.68. The average Bonchev–Trinajstić information content (AvgIpc) is 3.14. The third-order valence-corrected chi connectivity index (χ3v) is 5.06. The molecule has 10 nitrogen and oxygen atoms in total. The summed E-state index contributed by atoms with van der Waals surface area (Å²) in [6.45, 7) is 5.12. The van der Waals surface area contributed by atoms with Crippen molar-refractivity contribution in [1.82, 2.24) is 15.2 Å². The molecule has 4 rings (SSSR count). The van der Waals surface area contributed by atoms with Crippen molar-refractivity contribution < 1.29 is 14.3 Å². The monoisotopic (exact) mass is 399 g/mol. The standard InChI is InChI=1S/C19H25N7O3/c1-13-11-29-8-6-25(13)17-9-15(26-5-2-7-28-12-18(26)27)14(10-20)19(23-17)22-16-3-4-21-24-16/h3-4,9-10,13,20H,2,5-8,11-12H2,1H3,(H2,21,22,23,24)/t13-/m1/s1. The first kappa shape index (κ1) is 19.3. The third-order valence-electron chi connectivity index (χ3n) is 5.06. The van der Waals surface area contributed by atoms with Crippen LogP contribution in [0.25, 0.3) is 0 Å². The van der Waals surface area contributed by atoms with E-state index in [2.05, 4.69) is 27.3 Å². The molecule has 0 spiro atoms. The van der Waals surface area contributed by atoms with Crippen LogP contribution in [-0.4, -0.2) is 72.9 Å². The Morgan fingerprint density at radius 1 is 1.34 bits per heavy atom. The maximum atomic E-state index is 12.7.